The van der Waals surface area contributed by atoms with E-state index in [4.69, 9.17) is 23.2 Å². The maximum absolute atomic E-state index is 12.0. The third-order valence-electron chi connectivity index (χ3n) is 3.33. The molecule has 0 spiro atoms. The zero-order valence-corrected chi connectivity index (χ0v) is 15.2. The summed E-state index contributed by atoms with van der Waals surface area (Å²) in [6.45, 7) is 4.00. The molecule has 1 N–H and O–H groups in total. The molecule has 1 rings (SSSR count). The molecule has 128 valence electrons. The van der Waals surface area contributed by atoms with E-state index in [9.17, 15) is 9.59 Å². The van der Waals surface area contributed by atoms with Gasteiger partial charge >= 0.3 is 0 Å². The number of carbonyl (C=O) groups excluding carboxylic acids is 2. The Morgan fingerprint density at radius 1 is 1.09 bits per heavy atom. The molecule has 0 unspecified atom stereocenters. The van der Waals surface area contributed by atoms with Crippen molar-refractivity contribution >= 4 is 35.0 Å². The van der Waals surface area contributed by atoms with Gasteiger partial charge in [0.25, 0.3) is 5.91 Å². The van der Waals surface area contributed by atoms with Crippen LogP contribution >= 0.6 is 23.2 Å². The second-order valence-electron chi connectivity index (χ2n) is 5.55. The zero-order valence-electron chi connectivity index (χ0n) is 13.7. The lowest BCUT2D eigenvalue weighted by Gasteiger charge is -2.22. The van der Waals surface area contributed by atoms with Crippen LogP contribution in [0.3, 0.4) is 0 Å². The number of hydrogen-bond donors (Lipinski definition) is 1. The van der Waals surface area contributed by atoms with E-state index in [0.29, 0.717) is 35.2 Å². The standard InChI is InChI=1S/C16H23Cl2N3O2/c1-12(22)21(9-4-8-20(2)3)10-7-19-16(23)13-5-6-14(17)15(18)11-13/h5-6,11H,4,7-10H2,1-3H3,(H,19,23). The highest BCUT2D eigenvalue weighted by Crippen LogP contribution is 2.22. The summed E-state index contributed by atoms with van der Waals surface area (Å²) in [6.07, 6.45) is 0.896. The lowest BCUT2D eigenvalue weighted by atomic mass is 10.2. The molecule has 0 atom stereocenters. The highest BCUT2D eigenvalue weighted by molar-refractivity contribution is 6.42. The number of rotatable bonds is 8. The fourth-order valence-electron chi connectivity index (χ4n) is 2.05. The van der Waals surface area contributed by atoms with Gasteiger partial charge in [-0.1, -0.05) is 23.2 Å². The van der Waals surface area contributed by atoms with E-state index in [1.54, 1.807) is 17.0 Å². The van der Waals surface area contributed by atoms with Crippen molar-refractivity contribution in [2.45, 2.75) is 13.3 Å². The molecular formula is C16H23Cl2N3O2. The van der Waals surface area contributed by atoms with E-state index in [0.717, 1.165) is 13.0 Å². The van der Waals surface area contributed by atoms with Gasteiger partial charge in [0.1, 0.15) is 0 Å². The van der Waals surface area contributed by atoms with Crippen molar-refractivity contribution < 1.29 is 9.59 Å². The summed E-state index contributed by atoms with van der Waals surface area (Å²) in [4.78, 5) is 27.5. The van der Waals surface area contributed by atoms with Crippen molar-refractivity contribution in [3.05, 3.63) is 33.8 Å². The maximum Gasteiger partial charge on any atom is 0.251 e. The van der Waals surface area contributed by atoms with Crippen molar-refractivity contribution in [2.24, 2.45) is 0 Å². The Bertz CT molecular complexity index is 550. The largest absolute Gasteiger partial charge is 0.350 e. The number of nitrogens with one attached hydrogen (secondary N) is 1. The van der Waals surface area contributed by atoms with Gasteiger partial charge in [0.2, 0.25) is 5.91 Å². The molecule has 7 heteroatoms. The van der Waals surface area contributed by atoms with Crippen molar-refractivity contribution in [3.8, 4) is 0 Å². The minimum absolute atomic E-state index is 0.00698. The Labute approximate surface area is 147 Å². The van der Waals surface area contributed by atoms with Gasteiger partial charge in [-0.25, -0.2) is 0 Å². The molecule has 0 saturated carbocycles. The van der Waals surface area contributed by atoms with Gasteiger partial charge in [-0.2, -0.15) is 0 Å². The van der Waals surface area contributed by atoms with Crippen molar-refractivity contribution in [1.29, 1.82) is 0 Å². The van der Waals surface area contributed by atoms with Gasteiger partial charge in [0.15, 0.2) is 0 Å². The van der Waals surface area contributed by atoms with Gasteiger partial charge in [0.05, 0.1) is 10.0 Å². The monoisotopic (exact) mass is 359 g/mol. The number of halogens is 2. The van der Waals surface area contributed by atoms with Crippen LogP contribution in [0.15, 0.2) is 18.2 Å². The number of hydrogen-bond acceptors (Lipinski definition) is 3. The smallest absolute Gasteiger partial charge is 0.251 e. The highest BCUT2D eigenvalue weighted by Gasteiger charge is 2.11. The van der Waals surface area contributed by atoms with Crippen molar-refractivity contribution in [1.82, 2.24) is 15.1 Å². The molecule has 0 radical (unpaired) electrons. The van der Waals surface area contributed by atoms with Gasteiger partial charge in [-0.05, 0) is 45.3 Å². The molecule has 5 nitrogen and oxygen atoms in total. The van der Waals surface area contributed by atoms with E-state index in [2.05, 4.69) is 10.2 Å². The van der Waals surface area contributed by atoms with Crippen molar-refractivity contribution in [2.75, 3.05) is 40.3 Å². The van der Waals surface area contributed by atoms with Crippen LogP contribution in [0.5, 0.6) is 0 Å². The second-order valence-corrected chi connectivity index (χ2v) is 6.36. The van der Waals surface area contributed by atoms with Crippen LogP contribution in [-0.4, -0.2) is 61.9 Å². The normalized spacial score (nSPS) is 10.7. The van der Waals surface area contributed by atoms with Crippen LogP contribution in [0.25, 0.3) is 0 Å². The summed E-state index contributed by atoms with van der Waals surface area (Å²) in [6, 6.07) is 4.73. The molecule has 0 heterocycles. The number of benzene rings is 1. The van der Waals surface area contributed by atoms with E-state index < -0.39 is 0 Å². The minimum Gasteiger partial charge on any atom is -0.350 e. The number of amides is 2. The molecule has 2 amide bonds. The first-order chi connectivity index (χ1) is 10.8. The first-order valence-corrected chi connectivity index (χ1v) is 8.20. The summed E-state index contributed by atoms with van der Waals surface area (Å²) in [7, 11) is 3.99. The van der Waals surface area contributed by atoms with Crippen LogP contribution in [0.1, 0.15) is 23.7 Å². The van der Waals surface area contributed by atoms with Gasteiger partial charge in [-0.3, -0.25) is 9.59 Å². The topological polar surface area (TPSA) is 52.7 Å². The maximum atomic E-state index is 12.0. The van der Waals surface area contributed by atoms with Crippen LogP contribution in [-0.2, 0) is 4.79 Å². The highest BCUT2D eigenvalue weighted by atomic mass is 35.5. The average Bonchev–Trinajstić information content (AvgIpc) is 2.47. The number of carbonyl (C=O) groups is 2. The molecule has 0 bridgehead atoms. The summed E-state index contributed by atoms with van der Waals surface area (Å²) in [5.41, 5.74) is 0.446. The van der Waals surface area contributed by atoms with E-state index in [1.807, 2.05) is 14.1 Å². The predicted molar refractivity (Wildman–Crippen MR) is 94.2 cm³/mol. The summed E-state index contributed by atoms with van der Waals surface area (Å²) >= 11 is 11.7. The van der Waals surface area contributed by atoms with Gasteiger partial charge in [-0.15, -0.1) is 0 Å². The number of nitrogens with zero attached hydrogens (tertiary/aromatic N) is 2. The second kappa shape index (κ2) is 9.75. The predicted octanol–water partition coefficient (Wildman–Crippen LogP) is 2.52. The van der Waals surface area contributed by atoms with E-state index in [-0.39, 0.29) is 11.8 Å². The Hall–Kier alpha value is -1.30. The van der Waals surface area contributed by atoms with Crippen LogP contribution in [0.4, 0.5) is 0 Å². The third kappa shape index (κ3) is 7.20. The molecule has 1 aromatic carbocycles. The summed E-state index contributed by atoms with van der Waals surface area (Å²) < 4.78 is 0. The lowest BCUT2D eigenvalue weighted by Crippen LogP contribution is -2.38. The fraction of sp³-hybridized carbons (Fsp3) is 0.500. The molecule has 23 heavy (non-hydrogen) atoms. The van der Waals surface area contributed by atoms with Gasteiger partial charge < -0.3 is 15.1 Å². The van der Waals surface area contributed by atoms with E-state index >= 15 is 0 Å². The first-order valence-electron chi connectivity index (χ1n) is 7.44. The quantitative estimate of drug-likeness (QED) is 0.775. The van der Waals surface area contributed by atoms with Crippen molar-refractivity contribution in [3.63, 3.8) is 0 Å². The Morgan fingerprint density at radius 3 is 2.35 bits per heavy atom. The lowest BCUT2D eigenvalue weighted by molar-refractivity contribution is -0.128. The van der Waals surface area contributed by atoms with Crippen LogP contribution < -0.4 is 5.32 Å². The molecule has 0 aliphatic carbocycles. The third-order valence-corrected chi connectivity index (χ3v) is 4.07. The minimum atomic E-state index is -0.236. The van der Waals surface area contributed by atoms with E-state index in [1.165, 1.54) is 13.0 Å². The van der Waals surface area contributed by atoms with Crippen LogP contribution in [0.2, 0.25) is 10.0 Å². The Balaban J connectivity index is 2.44. The Kier molecular flexibility index (Phi) is 8.37. The SMILES string of the molecule is CC(=O)N(CCCN(C)C)CCNC(=O)c1ccc(Cl)c(Cl)c1. The fourth-order valence-corrected chi connectivity index (χ4v) is 2.35. The molecule has 0 aromatic heterocycles. The Morgan fingerprint density at radius 2 is 1.78 bits per heavy atom. The molecule has 1 aromatic rings. The van der Waals surface area contributed by atoms with Gasteiger partial charge in [0, 0.05) is 32.1 Å². The summed E-state index contributed by atoms with van der Waals surface area (Å²) in [5.74, 6) is -0.229. The summed E-state index contributed by atoms with van der Waals surface area (Å²) in [5, 5.41) is 3.54. The first kappa shape index (κ1) is 19.7. The molecule has 0 aliphatic heterocycles. The zero-order chi connectivity index (χ0) is 17.4. The molecular weight excluding hydrogens is 337 g/mol. The molecule has 0 fully saturated rings. The molecule has 0 aliphatic rings. The average molecular weight is 360 g/mol. The van der Waals surface area contributed by atoms with Crippen LogP contribution in [0, 0.1) is 0 Å². The molecule has 0 saturated heterocycles.